The molecule has 0 saturated heterocycles. The Bertz CT molecular complexity index is 186. The van der Waals surface area contributed by atoms with Crippen LogP contribution in [0.1, 0.15) is 20.3 Å². The van der Waals surface area contributed by atoms with Crippen LogP contribution in [0.2, 0.25) is 0 Å². The molecule has 0 aliphatic heterocycles. The topological polar surface area (TPSA) is 80.5 Å². The Labute approximate surface area is 64.1 Å². The molecule has 0 aromatic carbocycles. The zero-order valence-electron chi connectivity index (χ0n) is 6.46. The second kappa shape index (κ2) is 3.70. The fourth-order valence-electron chi connectivity index (χ4n) is 0.612. The zero-order valence-corrected chi connectivity index (χ0v) is 6.46. The largest absolute Gasteiger partial charge is 0.351 e. The summed E-state index contributed by atoms with van der Waals surface area (Å²) in [7, 11) is 0. The number of urea groups is 1. The molecule has 0 atom stereocenters. The summed E-state index contributed by atoms with van der Waals surface area (Å²) in [5.41, 5.74) is 4.76. The third-order valence-corrected chi connectivity index (χ3v) is 1.09. The van der Waals surface area contributed by atoms with E-state index in [1.165, 1.54) is 0 Å². The van der Waals surface area contributed by atoms with Crippen LogP contribution in [0.3, 0.4) is 0 Å². The minimum atomic E-state index is -1.02. The third kappa shape index (κ3) is 2.37. The zero-order chi connectivity index (χ0) is 9.02. The van der Waals surface area contributed by atoms with Crippen LogP contribution in [-0.4, -0.2) is 22.7 Å². The van der Waals surface area contributed by atoms with Gasteiger partial charge in [0.2, 0.25) is 11.8 Å². The average Bonchev–Trinajstić information content (AvgIpc) is 1.85. The van der Waals surface area contributed by atoms with Gasteiger partial charge in [-0.2, -0.15) is 0 Å². The van der Waals surface area contributed by atoms with Crippen molar-refractivity contribution in [3.8, 4) is 0 Å². The molecule has 5 nitrogen and oxygen atoms in total. The summed E-state index contributed by atoms with van der Waals surface area (Å²) in [5, 5.41) is 0. The van der Waals surface area contributed by atoms with Crippen LogP contribution in [0.25, 0.3) is 0 Å². The minimum Gasteiger partial charge on any atom is -0.351 e. The second-order valence-electron chi connectivity index (χ2n) is 1.94. The van der Waals surface area contributed by atoms with E-state index in [2.05, 4.69) is 0 Å². The summed E-state index contributed by atoms with van der Waals surface area (Å²) in [6.45, 7) is 2.65. The standard InChI is InChI=1S/C6H10N2O3/c1-3-5(10)8(4(2)9)6(7)11/h3H2,1-2H3,(H2,7,11). The van der Waals surface area contributed by atoms with Gasteiger partial charge in [-0.1, -0.05) is 6.92 Å². The van der Waals surface area contributed by atoms with Crippen molar-refractivity contribution in [2.24, 2.45) is 5.73 Å². The highest BCUT2D eigenvalue weighted by molar-refractivity contribution is 6.08. The molecule has 0 aromatic heterocycles. The lowest BCUT2D eigenvalue weighted by Gasteiger charge is -2.12. The molecule has 0 bridgehead atoms. The monoisotopic (exact) mass is 158 g/mol. The predicted molar refractivity (Wildman–Crippen MR) is 37.4 cm³/mol. The molecule has 4 amide bonds. The molecule has 2 N–H and O–H groups in total. The minimum absolute atomic E-state index is 0.0858. The van der Waals surface area contributed by atoms with Gasteiger partial charge in [0.05, 0.1) is 0 Å². The number of carbonyl (C=O) groups excluding carboxylic acids is 3. The normalized spacial score (nSPS) is 8.91. The maximum absolute atomic E-state index is 10.8. The van der Waals surface area contributed by atoms with Gasteiger partial charge >= 0.3 is 6.03 Å². The molecule has 0 radical (unpaired) electrons. The smallest absolute Gasteiger partial charge is 0.328 e. The number of hydrogen-bond donors (Lipinski definition) is 1. The van der Waals surface area contributed by atoms with Gasteiger partial charge in [-0.3, -0.25) is 9.59 Å². The Morgan fingerprint density at radius 2 is 1.82 bits per heavy atom. The molecular formula is C6H10N2O3. The summed E-state index contributed by atoms with van der Waals surface area (Å²) in [4.78, 5) is 32.3. The van der Waals surface area contributed by atoms with Crippen molar-refractivity contribution >= 4 is 17.8 Å². The summed E-state index contributed by atoms with van der Waals surface area (Å²) in [5.74, 6) is -1.23. The summed E-state index contributed by atoms with van der Waals surface area (Å²) in [6, 6.07) is -1.02. The second-order valence-corrected chi connectivity index (χ2v) is 1.94. The SMILES string of the molecule is CCC(=O)N(C(C)=O)C(N)=O. The van der Waals surface area contributed by atoms with E-state index < -0.39 is 17.8 Å². The molecule has 5 heteroatoms. The first-order chi connectivity index (χ1) is 5.00. The summed E-state index contributed by atoms with van der Waals surface area (Å²) < 4.78 is 0. The molecule has 0 rings (SSSR count). The first-order valence-electron chi connectivity index (χ1n) is 3.13. The third-order valence-electron chi connectivity index (χ3n) is 1.09. The van der Waals surface area contributed by atoms with E-state index in [0.717, 1.165) is 6.92 Å². The lowest BCUT2D eigenvalue weighted by atomic mass is 10.4. The maximum Gasteiger partial charge on any atom is 0.328 e. The Balaban J connectivity index is 4.47. The number of primary amides is 1. The van der Waals surface area contributed by atoms with Crippen LogP contribution in [0.4, 0.5) is 4.79 Å². The van der Waals surface area contributed by atoms with Gasteiger partial charge in [-0.25, -0.2) is 9.69 Å². The van der Waals surface area contributed by atoms with Crippen LogP contribution < -0.4 is 5.73 Å². The van der Waals surface area contributed by atoms with Crippen molar-refractivity contribution in [3.05, 3.63) is 0 Å². The van der Waals surface area contributed by atoms with E-state index in [4.69, 9.17) is 5.73 Å². The van der Waals surface area contributed by atoms with Gasteiger partial charge < -0.3 is 5.73 Å². The molecule has 0 aromatic rings. The van der Waals surface area contributed by atoms with Gasteiger partial charge in [-0.05, 0) is 0 Å². The van der Waals surface area contributed by atoms with Gasteiger partial charge in [0.15, 0.2) is 0 Å². The molecule has 0 saturated carbocycles. The lowest BCUT2D eigenvalue weighted by molar-refractivity contribution is -0.139. The van der Waals surface area contributed by atoms with E-state index in [9.17, 15) is 14.4 Å². The highest BCUT2D eigenvalue weighted by atomic mass is 16.2. The number of imide groups is 3. The molecule has 0 spiro atoms. The van der Waals surface area contributed by atoms with Gasteiger partial charge in [-0.15, -0.1) is 0 Å². The van der Waals surface area contributed by atoms with Crippen molar-refractivity contribution in [2.45, 2.75) is 20.3 Å². The lowest BCUT2D eigenvalue weighted by Crippen LogP contribution is -2.43. The number of nitrogens with zero attached hydrogens (tertiary/aromatic N) is 1. The number of carbonyl (C=O) groups is 3. The van der Waals surface area contributed by atoms with E-state index in [1.807, 2.05) is 0 Å². The van der Waals surface area contributed by atoms with Crippen LogP contribution >= 0.6 is 0 Å². The highest BCUT2D eigenvalue weighted by Gasteiger charge is 2.20. The molecule has 0 aliphatic carbocycles. The first kappa shape index (κ1) is 9.61. The molecule has 0 heterocycles. The van der Waals surface area contributed by atoms with Crippen LogP contribution in [0.5, 0.6) is 0 Å². The van der Waals surface area contributed by atoms with Crippen LogP contribution in [0, 0.1) is 0 Å². The van der Waals surface area contributed by atoms with Gasteiger partial charge in [0, 0.05) is 13.3 Å². The fourth-order valence-corrected chi connectivity index (χ4v) is 0.612. The maximum atomic E-state index is 10.8. The fraction of sp³-hybridized carbons (Fsp3) is 0.500. The van der Waals surface area contributed by atoms with Gasteiger partial charge in [0.1, 0.15) is 0 Å². The number of hydrogen-bond acceptors (Lipinski definition) is 3. The van der Waals surface area contributed by atoms with E-state index in [-0.39, 0.29) is 6.42 Å². The number of rotatable bonds is 1. The molecule has 0 unspecified atom stereocenters. The van der Waals surface area contributed by atoms with E-state index in [1.54, 1.807) is 6.92 Å². The van der Waals surface area contributed by atoms with Crippen LogP contribution in [0.15, 0.2) is 0 Å². The quantitative estimate of drug-likeness (QED) is 0.576. The van der Waals surface area contributed by atoms with E-state index >= 15 is 0 Å². The Morgan fingerprint density at radius 3 is 1.91 bits per heavy atom. The van der Waals surface area contributed by atoms with Crippen molar-refractivity contribution in [1.29, 1.82) is 0 Å². The van der Waals surface area contributed by atoms with Crippen molar-refractivity contribution in [1.82, 2.24) is 4.90 Å². The molecule has 0 fully saturated rings. The number of amides is 4. The van der Waals surface area contributed by atoms with Crippen molar-refractivity contribution in [2.75, 3.05) is 0 Å². The molecule has 62 valence electrons. The first-order valence-corrected chi connectivity index (χ1v) is 3.13. The summed E-state index contributed by atoms with van der Waals surface area (Å²) >= 11 is 0. The van der Waals surface area contributed by atoms with Gasteiger partial charge in [0.25, 0.3) is 0 Å². The van der Waals surface area contributed by atoms with E-state index in [0.29, 0.717) is 4.90 Å². The Morgan fingerprint density at radius 1 is 1.36 bits per heavy atom. The van der Waals surface area contributed by atoms with Crippen molar-refractivity contribution in [3.63, 3.8) is 0 Å². The van der Waals surface area contributed by atoms with Crippen LogP contribution in [-0.2, 0) is 9.59 Å². The average molecular weight is 158 g/mol. The molecule has 11 heavy (non-hydrogen) atoms. The highest BCUT2D eigenvalue weighted by Crippen LogP contribution is 1.93. The predicted octanol–water partition coefficient (Wildman–Crippen LogP) is -0.150. The molecule has 0 aliphatic rings. The Hall–Kier alpha value is -1.39. The summed E-state index contributed by atoms with van der Waals surface area (Å²) in [6.07, 6.45) is 0.0858. The van der Waals surface area contributed by atoms with Crippen molar-refractivity contribution < 1.29 is 14.4 Å². The number of nitrogens with two attached hydrogens (primary N) is 1. The molecular weight excluding hydrogens is 148 g/mol. The Kier molecular flexibility index (Phi) is 3.23.